The van der Waals surface area contributed by atoms with E-state index in [0.29, 0.717) is 13.0 Å². The summed E-state index contributed by atoms with van der Waals surface area (Å²) in [5, 5.41) is 30.5. The number of rotatable bonds is 35. The zero-order valence-electron chi connectivity index (χ0n) is 33.7. The molecule has 0 aromatic carbocycles. The first-order valence-corrected chi connectivity index (χ1v) is 22.3. The average molecular weight is 803 g/mol. The topological polar surface area (TPSA) is 178 Å². The summed E-state index contributed by atoms with van der Waals surface area (Å²) in [4.78, 5) is 12.8. The maximum atomic E-state index is 12.8. The van der Waals surface area contributed by atoms with E-state index in [1.165, 1.54) is 51.4 Å². The van der Waals surface area contributed by atoms with Crippen molar-refractivity contribution in [3.05, 3.63) is 48.6 Å². The second-order valence-corrected chi connectivity index (χ2v) is 15.3. The molecule has 0 amide bonds. The summed E-state index contributed by atoms with van der Waals surface area (Å²) in [6, 6.07) is 0. The number of aliphatic hydroxyl groups excluding tert-OH is 3. The minimum atomic E-state index is -5.06. The van der Waals surface area contributed by atoms with Gasteiger partial charge >= 0.3 is 16.4 Å². The fraction of sp³-hybridized carbons (Fsp3) is 0.786. The monoisotopic (exact) mass is 802 g/mol. The lowest BCUT2D eigenvalue weighted by Gasteiger charge is -2.41. The number of hydrogen-bond acceptors (Lipinski definition) is 11. The highest BCUT2D eigenvalue weighted by atomic mass is 32.3. The van der Waals surface area contributed by atoms with Crippen LogP contribution >= 0.6 is 0 Å². The maximum Gasteiger partial charge on any atom is 0.397 e. The van der Waals surface area contributed by atoms with E-state index in [9.17, 15) is 28.5 Å². The highest BCUT2D eigenvalue weighted by molar-refractivity contribution is 7.80. The van der Waals surface area contributed by atoms with Crippen LogP contribution in [0.3, 0.4) is 0 Å². The zero-order valence-corrected chi connectivity index (χ0v) is 34.5. The molecule has 0 aromatic heterocycles. The van der Waals surface area contributed by atoms with Gasteiger partial charge in [-0.1, -0.05) is 140 Å². The summed E-state index contributed by atoms with van der Waals surface area (Å²) in [6.45, 7) is 3.80. The summed E-state index contributed by atoms with van der Waals surface area (Å²) in [5.74, 6) is -0.412. The second kappa shape index (κ2) is 34.1. The van der Waals surface area contributed by atoms with Gasteiger partial charge in [0.15, 0.2) is 6.29 Å². The van der Waals surface area contributed by atoms with Crippen molar-refractivity contribution in [3.8, 4) is 0 Å². The Morgan fingerprint density at radius 3 is 1.84 bits per heavy atom. The number of esters is 1. The fourth-order valence-electron chi connectivity index (χ4n) is 6.07. The van der Waals surface area contributed by atoms with Gasteiger partial charge in [-0.3, -0.25) is 9.35 Å². The van der Waals surface area contributed by atoms with Gasteiger partial charge in [0, 0.05) is 13.0 Å². The van der Waals surface area contributed by atoms with Crippen LogP contribution in [-0.4, -0.2) is 97.5 Å². The standard InChI is InChI=1S/C42H74O12S/c1-3-5-7-9-11-12-13-14-15-16-17-18-19-20-21-22-23-24-25-27-29-31-38(44)52-36(34-50-32-30-28-26-10-8-6-4-2)35-51-42-40(46)41(54-55(47,48)49)39(45)37(33-43)53-42/h5,7,11-12,14-15,17-18,36-37,39-43,45-46H,3-4,6,8-10,13,16,19-35H2,1-2H3,(H,47,48,49)/b7-5-,12-11-,15-14-,18-17-. The summed E-state index contributed by atoms with van der Waals surface area (Å²) in [7, 11) is -5.06. The van der Waals surface area contributed by atoms with Gasteiger partial charge in [0.2, 0.25) is 0 Å². The Kier molecular flexibility index (Phi) is 31.7. The molecule has 1 saturated heterocycles. The van der Waals surface area contributed by atoms with Crippen LogP contribution in [0.25, 0.3) is 0 Å². The highest BCUT2D eigenvalue weighted by Gasteiger charge is 2.48. The second-order valence-electron chi connectivity index (χ2n) is 14.2. The van der Waals surface area contributed by atoms with Gasteiger partial charge in [0.05, 0.1) is 19.8 Å². The Labute approximate surface area is 332 Å². The molecule has 1 aliphatic rings. The molecule has 6 unspecified atom stereocenters. The van der Waals surface area contributed by atoms with E-state index in [2.05, 4.69) is 66.6 Å². The number of carbonyl (C=O) groups excluding carboxylic acids is 1. The third kappa shape index (κ3) is 28.2. The Bertz CT molecular complexity index is 1160. The van der Waals surface area contributed by atoms with Crippen LogP contribution in [0.15, 0.2) is 48.6 Å². The summed E-state index contributed by atoms with van der Waals surface area (Å²) < 4.78 is 58.7. The number of ether oxygens (including phenoxy) is 4. The predicted octanol–water partition coefficient (Wildman–Crippen LogP) is 8.02. The summed E-state index contributed by atoms with van der Waals surface area (Å²) in [6.07, 6.45) is 30.3. The predicted molar refractivity (Wildman–Crippen MR) is 216 cm³/mol. The van der Waals surface area contributed by atoms with Crippen LogP contribution < -0.4 is 0 Å². The number of allylic oxidation sites excluding steroid dienone is 8. The molecule has 6 atom stereocenters. The minimum absolute atomic E-state index is 0.0314. The van der Waals surface area contributed by atoms with Crippen molar-refractivity contribution in [1.82, 2.24) is 0 Å². The van der Waals surface area contributed by atoms with E-state index < -0.39 is 59.8 Å². The lowest BCUT2D eigenvalue weighted by atomic mass is 9.99. The molecular weight excluding hydrogens is 729 g/mol. The summed E-state index contributed by atoms with van der Waals surface area (Å²) >= 11 is 0. The van der Waals surface area contributed by atoms with Gasteiger partial charge in [-0.05, 0) is 51.4 Å². The van der Waals surface area contributed by atoms with Crippen molar-refractivity contribution >= 4 is 16.4 Å². The molecule has 1 rings (SSSR count). The molecule has 0 aliphatic carbocycles. The number of unbranched alkanes of at least 4 members (excludes halogenated alkanes) is 14. The van der Waals surface area contributed by atoms with Gasteiger partial charge < -0.3 is 34.3 Å². The number of carbonyl (C=O) groups is 1. The van der Waals surface area contributed by atoms with Crippen molar-refractivity contribution < 1.29 is 56.2 Å². The molecular formula is C42H74O12S. The molecule has 0 aromatic rings. The van der Waals surface area contributed by atoms with E-state index in [1.807, 2.05) is 0 Å². The zero-order chi connectivity index (χ0) is 40.4. The fourth-order valence-corrected chi connectivity index (χ4v) is 6.58. The first-order chi connectivity index (χ1) is 26.6. The minimum Gasteiger partial charge on any atom is -0.457 e. The van der Waals surface area contributed by atoms with Crippen LogP contribution in [0.4, 0.5) is 0 Å². The van der Waals surface area contributed by atoms with E-state index in [-0.39, 0.29) is 19.6 Å². The van der Waals surface area contributed by atoms with E-state index in [4.69, 9.17) is 23.5 Å². The SMILES string of the molecule is CC/C=C\C/C=C\C/C=C\C/C=C\CCCCCCCCCCC(=O)OC(COCCCCCCCCC)COC1OC(CO)C(O)C(OS(=O)(=O)O)C1O. The number of aliphatic hydroxyl groups is 3. The lowest BCUT2D eigenvalue weighted by Crippen LogP contribution is -2.60. The van der Waals surface area contributed by atoms with Crippen molar-refractivity contribution in [2.75, 3.05) is 26.4 Å². The van der Waals surface area contributed by atoms with Crippen LogP contribution in [-0.2, 0) is 38.3 Å². The first-order valence-electron chi connectivity index (χ1n) is 20.9. The Hall–Kier alpha value is -1.94. The van der Waals surface area contributed by atoms with Crippen molar-refractivity contribution in [2.24, 2.45) is 0 Å². The van der Waals surface area contributed by atoms with Crippen molar-refractivity contribution in [2.45, 2.75) is 185 Å². The lowest BCUT2D eigenvalue weighted by molar-refractivity contribution is -0.301. The molecule has 1 fully saturated rings. The van der Waals surface area contributed by atoms with Gasteiger partial charge in [0.25, 0.3) is 0 Å². The molecule has 12 nitrogen and oxygen atoms in total. The Morgan fingerprint density at radius 2 is 1.25 bits per heavy atom. The van der Waals surface area contributed by atoms with E-state index in [0.717, 1.165) is 70.6 Å². The van der Waals surface area contributed by atoms with Gasteiger partial charge in [0.1, 0.15) is 30.5 Å². The first kappa shape index (κ1) is 51.1. The smallest absolute Gasteiger partial charge is 0.397 e. The third-order valence-corrected chi connectivity index (χ3v) is 9.68. The highest BCUT2D eigenvalue weighted by Crippen LogP contribution is 2.26. The molecule has 1 heterocycles. The van der Waals surface area contributed by atoms with Crippen LogP contribution in [0.5, 0.6) is 0 Å². The molecule has 320 valence electrons. The number of hydrogen-bond donors (Lipinski definition) is 4. The summed E-state index contributed by atoms with van der Waals surface area (Å²) in [5.41, 5.74) is 0. The van der Waals surface area contributed by atoms with E-state index >= 15 is 0 Å². The van der Waals surface area contributed by atoms with E-state index in [1.54, 1.807) is 0 Å². The molecule has 55 heavy (non-hydrogen) atoms. The van der Waals surface area contributed by atoms with Gasteiger partial charge in [-0.25, -0.2) is 4.18 Å². The molecule has 0 bridgehead atoms. The van der Waals surface area contributed by atoms with Gasteiger partial charge in [-0.15, -0.1) is 0 Å². The largest absolute Gasteiger partial charge is 0.457 e. The van der Waals surface area contributed by atoms with Crippen molar-refractivity contribution in [3.63, 3.8) is 0 Å². The molecule has 13 heteroatoms. The van der Waals surface area contributed by atoms with Crippen LogP contribution in [0, 0.1) is 0 Å². The molecule has 0 saturated carbocycles. The Balaban J connectivity index is 2.37. The normalized spacial score (nSPS) is 21.5. The molecule has 4 N–H and O–H groups in total. The van der Waals surface area contributed by atoms with Crippen LogP contribution in [0.2, 0.25) is 0 Å². The third-order valence-electron chi connectivity index (χ3n) is 9.22. The molecule has 0 spiro atoms. The molecule has 0 radical (unpaired) electrons. The average Bonchev–Trinajstić information content (AvgIpc) is 3.15. The van der Waals surface area contributed by atoms with Crippen molar-refractivity contribution in [1.29, 1.82) is 0 Å². The maximum absolute atomic E-state index is 12.8. The van der Waals surface area contributed by atoms with Gasteiger partial charge in [-0.2, -0.15) is 8.42 Å². The van der Waals surface area contributed by atoms with Crippen LogP contribution in [0.1, 0.15) is 149 Å². The quantitative estimate of drug-likeness (QED) is 0.0210. The Morgan fingerprint density at radius 1 is 0.709 bits per heavy atom. The molecule has 1 aliphatic heterocycles.